The Bertz CT molecular complexity index is 412. The molecule has 1 aromatic carbocycles. The van der Waals surface area contributed by atoms with E-state index in [-0.39, 0.29) is 5.91 Å². The summed E-state index contributed by atoms with van der Waals surface area (Å²) in [4.78, 5) is 14.2. The molecule has 0 bridgehead atoms. The van der Waals surface area contributed by atoms with Gasteiger partial charge in [-0.05, 0) is 38.1 Å². The first kappa shape index (κ1) is 12.9. The molecule has 1 heterocycles. The summed E-state index contributed by atoms with van der Waals surface area (Å²) in [5, 5.41) is 3.26. The minimum absolute atomic E-state index is 0.100. The molecule has 1 N–H and O–H groups in total. The highest BCUT2D eigenvalue weighted by Gasteiger charge is 2.22. The van der Waals surface area contributed by atoms with Crippen molar-refractivity contribution >= 4 is 5.91 Å². The van der Waals surface area contributed by atoms with Gasteiger partial charge in [-0.3, -0.25) is 4.79 Å². The lowest BCUT2D eigenvalue weighted by molar-refractivity contribution is 0.0707. The van der Waals surface area contributed by atoms with E-state index in [1.165, 1.54) is 0 Å². The van der Waals surface area contributed by atoms with E-state index in [2.05, 4.69) is 5.32 Å². The number of benzene rings is 1. The van der Waals surface area contributed by atoms with Gasteiger partial charge in [0, 0.05) is 24.7 Å². The Kier molecular flexibility index (Phi) is 4.20. The number of nitrogens with zero attached hydrogens (tertiary/aromatic N) is 1. The van der Waals surface area contributed by atoms with Gasteiger partial charge in [-0.15, -0.1) is 0 Å². The monoisotopic (exact) mass is 248 g/mol. The molecule has 0 radical (unpaired) electrons. The number of rotatable bonds is 3. The van der Waals surface area contributed by atoms with Gasteiger partial charge < -0.3 is 15.0 Å². The van der Waals surface area contributed by atoms with Gasteiger partial charge in [0.1, 0.15) is 5.75 Å². The average molecular weight is 248 g/mol. The minimum Gasteiger partial charge on any atom is -0.497 e. The number of methoxy groups -OCH3 is 1. The molecule has 1 fully saturated rings. The molecule has 0 aromatic heterocycles. The second-order valence-corrected chi connectivity index (χ2v) is 4.59. The van der Waals surface area contributed by atoms with Crippen molar-refractivity contribution in [2.45, 2.75) is 18.9 Å². The van der Waals surface area contributed by atoms with E-state index in [0.717, 1.165) is 31.7 Å². The highest BCUT2D eigenvalue weighted by molar-refractivity contribution is 5.94. The minimum atomic E-state index is 0.100. The number of carbonyl (C=O) groups excluding carboxylic acids is 1. The summed E-state index contributed by atoms with van der Waals surface area (Å²) < 4.78 is 5.15. The molecule has 4 nitrogen and oxygen atoms in total. The summed E-state index contributed by atoms with van der Waals surface area (Å²) in [5.41, 5.74) is 0.706. The number of piperidine rings is 1. The summed E-state index contributed by atoms with van der Waals surface area (Å²) in [6.45, 7) is 1.64. The van der Waals surface area contributed by atoms with Crippen molar-refractivity contribution in [2.24, 2.45) is 0 Å². The number of carbonyl (C=O) groups is 1. The second-order valence-electron chi connectivity index (χ2n) is 4.59. The second kappa shape index (κ2) is 5.87. The van der Waals surface area contributed by atoms with Crippen LogP contribution in [0.3, 0.4) is 0 Å². The molecule has 1 saturated heterocycles. The maximum Gasteiger partial charge on any atom is 0.253 e. The van der Waals surface area contributed by atoms with Crippen molar-refractivity contribution in [3.8, 4) is 5.75 Å². The van der Waals surface area contributed by atoms with Crippen LogP contribution in [-0.4, -0.2) is 44.1 Å². The van der Waals surface area contributed by atoms with Gasteiger partial charge >= 0.3 is 0 Å². The third kappa shape index (κ3) is 2.82. The number of likely N-dealkylation sites (tertiary alicyclic amines) is 1. The van der Waals surface area contributed by atoms with Crippen molar-refractivity contribution < 1.29 is 9.53 Å². The number of hydrogen-bond donors (Lipinski definition) is 1. The zero-order valence-electron chi connectivity index (χ0n) is 11.0. The Hall–Kier alpha value is -1.55. The van der Waals surface area contributed by atoms with Crippen LogP contribution in [-0.2, 0) is 0 Å². The van der Waals surface area contributed by atoms with Crippen LogP contribution < -0.4 is 10.1 Å². The van der Waals surface area contributed by atoms with Crippen molar-refractivity contribution in [2.75, 3.05) is 27.2 Å². The number of nitrogens with one attached hydrogen (secondary N) is 1. The fourth-order valence-corrected chi connectivity index (χ4v) is 2.31. The lowest BCUT2D eigenvalue weighted by Crippen LogP contribution is -2.43. The zero-order valence-corrected chi connectivity index (χ0v) is 11.0. The fraction of sp³-hybridized carbons (Fsp3) is 0.500. The molecule has 0 saturated carbocycles. The van der Waals surface area contributed by atoms with E-state index >= 15 is 0 Å². The van der Waals surface area contributed by atoms with Crippen molar-refractivity contribution in [1.29, 1.82) is 0 Å². The summed E-state index contributed by atoms with van der Waals surface area (Å²) in [5.74, 6) is 0.828. The molecule has 1 aliphatic heterocycles. The Labute approximate surface area is 108 Å². The van der Waals surface area contributed by atoms with Gasteiger partial charge in [0.05, 0.1) is 7.11 Å². The molecule has 98 valence electrons. The Morgan fingerprint density at radius 2 is 2.11 bits per heavy atom. The van der Waals surface area contributed by atoms with Gasteiger partial charge in [0.15, 0.2) is 0 Å². The topological polar surface area (TPSA) is 41.6 Å². The molecular weight excluding hydrogens is 228 g/mol. The molecule has 0 atom stereocenters. The van der Waals surface area contributed by atoms with E-state index in [0.29, 0.717) is 11.6 Å². The van der Waals surface area contributed by atoms with Crippen LogP contribution in [0.1, 0.15) is 23.2 Å². The van der Waals surface area contributed by atoms with Crippen LogP contribution >= 0.6 is 0 Å². The van der Waals surface area contributed by atoms with Crippen LogP contribution in [0.5, 0.6) is 5.75 Å². The number of amides is 1. The quantitative estimate of drug-likeness (QED) is 0.881. The van der Waals surface area contributed by atoms with Gasteiger partial charge in [0.2, 0.25) is 0 Å². The highest BCUT2D eigenvalue weighted by Crippen LogP contribution is 2.17. The van der Waals surface area contributed by atoms with E-state index in [1.54, 1.807) is 13.2 Å². The lowest BCUT2D eigenvalue weighted by atomic mass is 10.0. The Morgan fingerprint density at radius 3 is 2.72 bits per heavy atom. The lowest BCUT2D eigenvalue weighted by Gasteiger charge is -2.31. The fourth-order valence-electron chi connectivity index (χ4n) is 2.31. The summed E-state index contributed by atoms with van der Waals surface area (Å²) >= 11 is 0. The first-order chi connectivity index (χ1) is 8.74. The predicted molar refractivity (Wildman–Crippen MR) is 71.0 cm³/mol. The van der Waals surface area contributed by atoms with Crippen LogP contribution in [0.4, 0.5) is 0 Å². The molecule has 0 spiro atoms. The van der Waals surface area contributed by atoms with E-state index in [1.807, 2.05) is 30.1 Å². The first-order valence-corrected chi connectivity index (χ1v) is 6.35. The molecule has 1 aliphatic rings. The SMILES string of the molecule is CNC1CCN(C(=O)c2cccc(OC)c2)CC1. The smallest absolute Gasteiger partial charge is 0.253 e. The molecule has 2 rings (SSSR count). The third-order valence-electron chi connectivity index (χ3n) is 3.51. The average Bonchev–Trinajstić information content (AvgIpc) is 2.46. The standard InChI is InChI=1S/C14H20N2O2/c1-15-12-6-8-16(9-7-12)14(17)11-4-3-5-13(10-11)18-2/h3-5,10,12,15H,6-9H2,1-2H3. The molecule has 1 amide bonds. The summed E-state index contributed by atoms with van der Waals surface area (Å²) in [6.07, 6.45) is 2.04. The summed E-state index contributed by atoms with van der Waals surface area (Å²) in [7, 11) is 3.59. The van der Waals surface area contributed by atoms with Crippen LogP contribution in [0.25, 0.3) is 0 Å². The largest absolute Gasteiger partial charge is 0.497 e. The zero-order chi connectivity index (χ0) is 13.0. The Morgan fingerprint density at radius 1 is 1.39 bits per heavy atom. The van der Waals surface area contributed by atoms with Crippen LogP contribution in [0, 0.1) is 0 Å². The van der Waals surface area contributed by atoms with E-state index in [9.17, 15) is 4.79 Å². The first-order valence-electron chi connectivity index (χ1n) is 6.35. The van der Waals surface area contributed by atoms with Crippen LogP contribution in [0.2, 0.25) is 0 Å². The maximum absolute atomic E-state index is 12.3. The molecule has 0 aliphatic carbocycles. The molecule has 0 unspecified atom stereocenters. The van der Waals surface area contributed by atoms with Crippen molar-refractivity contribution in [3.05, 3.63) is 29.8 Å². The van der Waals surface area contributed by atoms with Crippen molar-refractivity contribution in [3.63, 3.8) is 0 Å². The highest BCUT2D eigenvalue weighted by atomic mass is 16.5. The molecule has 1 aromatic rings. The molecular formula is C14H20N2O2. The Balaban J connectivity index is 2.03. The number of ether oxygens (including phenoxy) is 1. The predicted octanol–water partition coefficient (Wildman–Crippen LogP) is 1.52. The van der Waals surface area contributed by atoms with Gasteiger partial charge in [-0.1, -0.05) is 6.07 Å². The molecule has 4 heteroatoms. The molecule has 18 heavy (non-hydrogen) atoms. The van der Waals surface area contributed by atoms with Gasteiger partial charge in [0.25, 0.3) is 5.91 Å². The number of hydrogen-bond acceptors (Lipinski definition) is 3. The third-order valence-corrected chi connectivity index (χ3v) is 3.51. The van der Waals surface area contributed by atoms with Crippen LogP contribution in [0.15, 0.2) is 24.3 Å². The normalized spacial score (nSPS) is 16.7. The summed E-state index contributed by atoms with van der Waals surface area (Å²) in [6, 6.07) is 7.89. The van der Waals surface area contributed by atoms with E-state index in [4.69, 9.17) is 4.74 Å². The van der Waals surface area contributed by atoms with Gasteiger partial charge in [-0.25, -0.2) is 0 Å². The van der Waals surface area contributed by atoms with E-state index < -0.39 is 0 Å². The van der Waals surface area contributed by atoms with Crippen molar-refractivity contribution in [1.82, 2.24) is 10.2 Å². The maximum atomic E-state index is 12.3. The van der Waals surface area contributed by atoms with Gasteiger partial charge in [-0.2, -0.15) is 0 Å².